The van der Waals surface area contributed by atoms with E-state index < -0.39 is 0 Å². The van der Waals surface area contributed by atoms with Gasteiger partial charge in [0.25, 0.3) is 0 Å². The fourth-order valence-corrected chi connectivity index (χ4v) is 3.48. The van der Waals surface area contributed by atoms with E-state index in [0.717, 1.165) is 37.3 Å². The van der Waals surface area contributed by atoms with Gasteiger partial charge in [-0.15, -0.1) is 0 Å². The van der Waals surface area contributed by atoms with Crippen LogP contribution in [0.2, 0.25) is 0 Å². The number of nitrogens with one attached hydrogen (secondary N) is 1. The van der Waals surface area contributed by atoms with Gasteiger partial charge >= 0.3 is 0 Å². The first kappa shape index (κ1) is 14.4. The third-order valence-electron chi connectivity index (χ3n) is 5.01. The highest BCUT2D eigenvalue weighted by Gasteiger charge is 2.37. The molecule has 1 aromatic carbocycles. The summed E-state index contributed by atoms with van der Waals surface area (Å²) in [7, 11) is 0. The van der Waals surface area contributed by atoms with Crippen LogP contribution in [0, 0.1) is 5.41 Å². The monoisotopic (exact) mass is 287 g/mol. The average molecular weight is 287 g/mol. The van der Waals surface area contributed by atoms with Gasteiger partial charge in [-0.2, -0.15) is 0 Å². The highest BCUT2D eigenvalue weighted by molar-refractivity contribution is 5.94. The summed E-state index contributed by atoms with van der Waals surface area (Å²) >= 11 is 0. The first-order valence-corrected chi connectivity index (χ1v) is 8.06. The normalized spacial score (nSPS) is 20.1. The van der Waals surface area contributed by atoms with Crippen LogP contribution in [0.1, 0.15) is 38.5 Å². The lowest BCUT2D eigenvalue weighted by atomic mass is 9.66. The second-order valence-electron chi connectivity index (χ2n) is 6.49. The molecule has 2 fully saturated rings. The summed E-state index contributed by atoms with van der Waals surface area (Å²) in [5.74, 6) is 0.104. The molecule has 0 unspecified atom stereocenters. The summed E-state index contributed by atoms with van der Waals surface area (Å²) in [5, 5.41) is 3.11. The van der Waals surface area contributed by atoms with Crippen molar-refractivity contribution in [3.8, 4) is 0 Å². The Bertz CT molecular complexity index is 499. The van der Waals surface area contributed by atoms with Crippen molar-refractivity contribution in [2.75, 3.05) is 29.9 Å². The zero-order chi connectivity index (χ0) is 14.7. The molecule has 1 aromatic rings. The Balaban J connectivity index is 1.68. The molecule has 1 amide bonds. The Kier molecular flexibility index (Phi) is 4.15. The number of rotatable bonds is 5. The number of carbonyl (C=O) groups is 1. The minimum Gasteiger partial charge on any atom is -0.370 e. The lowest BCUT2D eigenvalue weighted by Crippen LogP contribution is -2.40. The Morgan fingerprint density at radius 1 is 1.19 bits per heavy atom. The molecule has 0 radical (unpaired) electrons. The van der Waals surface area contributed by atoms with Gasteiger partial charge < -0.3 is 16.0 Å². The van der Waals surface area contributed by atoms with Gasteiger partial charge in [-0.3, -0.25) is 4.79 Å². The second kappa shape index (κ2) is 6.06. The highest BCUT2D eigenvalue weighted by Crippen LogP contribution is 2.43. The SMILES string of the molecule is NCC1(CC(=O)Nc2ccccc2N2CCCC2)CCC1. The molecule has 3 rings (SSSR count). The van der Waals surface area contributed by atoms with Crippen LogP contribution in [0.3, 0.4) is 0 Å². The molecule has 1 heterocycles. The summed E-state index contributed by atoms with van der Waals surface area (Å²) < 4.78 is 0. The number of benzene rings is 1. The first-order valence-electron chi connectivity index (χ1n) is 8.06. The molecule has 0 aromatic heterocycles. The maximum atomic E-state index is 12.4. The number of amides is 1. The number of hydrogen-bond acceptors (Lipinski definition) is 3. The quantitative estimate of drug-likeness (QED) is 0.875. The second-order valence-corrected chi connectivity index (χ2v) is 6.49. The van der Waals surface area contributed by atoms with Crippen LogP contribution in [-0.4, -0.2) is 25.5 Å². The molecular weight excluding hydrogens is 262 g/mol. The van der Waals surface area contributed by atoms with E-state index in [2.05, 4.69) is 16.3 Å². The molecule has 1 aliphatic heterocycles. The van der Waals surface area contributed by atoms with Crippen molar-refractivity contribution in [1.29, 1.82) is 0 Å². The standard InChI is InChI=1S/C17H25N3O/c18-13-17(8-5-9-17)12-16(21)19-14-6-1-2-7-15(14)20-10-3-4-11-20/h1-2,6-7H,3-5,8-13,18H2,(H,19,21). The van der Waals surface area contributed by atoms with Crippen LogP contribution in [0.15, 0.2) is 24.3 Å². The van der Waals surface area contributed by atoms with E-state index in [1.165, 1.54) is 19.3 Å². The molecule has 0 atom stereocenters. The molecule has 4 heteroatoms. The predicted octanol–water partition coefficient (Wildman–Crippen LogP) is 2.74. The zero-order valence-electron chi connectivity index (χ0n) is 12.6. The van der Waals surface area contributed by atoms with E-state index in [4.69, 9.17) is 5.73 Å². The van der Waals surface area contributed by atoms with Gasteiger partial charge in [0.1, 0.15) is 0 Å². The largest absolute Gasteiger partial charge is 0.370 e. The minimum atomic E-state index is 0.0622. The number of carbonyl (C=O) groups excluding carboxylic acids is 1. The van der Waals surface area contributed by atoms with Gasteiger partial charge in [0.15, 0.2) is 0 Å². The smallest absolute Gasteiger partial charge is 0.225 e. The van der Waals surface area contributed by atoms with E-state index in [9.17, 15) is 4.79 Å². The van der Waals surface area contributed by atoms with Crippen LogP contribution < -0.4 is 16.0 Å². The number of nitrogens with zero attached hydrogens (tertiary/aromatic N) is 1. The van der Waals surface area contributed by atoms with Crippen molar-refractivity contribution in [3.05, 3.63) is 24.3 Å². The number of hydrogen-bond donors (Lipinski definition) is 2. The molecule has 21 heavy (non-hydrogen) atoms. The zero-order valence-corrected chi connectivity index (χ0v) is 12.6. The van der Waals surface area contributed by atoms with Crippen molar-refractivity contribution in [2.24, 2.45) is 11.1 Å². The molecule has 3 N–H and O–H groups in total. The van der Waals surface area contributed by atoms with Crippen molar-refractivity contribution >= 4 is 17.3 Å². The first-order chi connectivity index (χ1) is 10.2. The Morgan fingerprint density at radius 2 is 1.90 bits per heavy atom. The Labute approximate surface area is 126 Å². The van der Waals surface area contributed by atoms with Gasteiger partial charge in [-0.25, -0.2) is 0 Å². The summed E-state index contributed by atoms with van der Waals surface area (Å²) in [6.07, 6.45) is 6.40. The Morgan fingerprint density at radius 3 is 2.52 bits per heavy atom. The fraction of sp³-hybridized carbons (Fsp3) is 0.588. The minimum absolute atomic E-state index is 0.0622. The van der Waals surface area contributed by atoms with E-state index in [-0.39, 0.29) is 11.3 Å². The highest BCUT2D eigenvalue weighted by atomic mass is 16.1. The molecule has 1 aliphatic carbocycles. The van der Waals surface area contributed by atoms with Gasteiger partial charge in [0.2, 0.25) is 5.91 Å². The van der Waals surface area contributed by atoms with E-state index in [1.807, 2.05) is 18.2 Å². The molecule has 0 bridgehead atoms. The molecule has 1 saturated carbocycles. The number of para-hydroxylation sites is 2. The van der Waals surface area contributed by atoms with Crippen molar-refractivity contribution in [2.45, 2.75) is 38.5 Å². The summed E-state index contributed by atoms with van der Waals surface area (Å²) in [6.45, 7) is 2.79. The van der Waals surface area contributed by atoms with E-state index in [0.29, 0.717) is 13.0 Å². The molecule has 4 nitrogen and oxygen atoms in total. The molecule has 114 valence electrons. The van der Waals surface area contributed by atoms with Gasteiger partial charge in [-0.05, 0) is 49.8 Å². The van der Waals surface area contributed by atoms with E-state index in [1.54, 1.807) is 0 Å². The van der Waals surface area contributed by atoms with Crippen LogP contribution in [0.5, 0.6) is 0 Å². The van der Waals surface area contributed by atoms with Gasteiger partial charge in [0, 0.05) is 19.5 Å². The summed E-state index contributed by atoms with van der Waals surface area (Å²) in [5.41, 5.74) is 8.01. The number of anilines is 2. The molecule has 0 spiro atoms. The number of nitrogens with two attached hydrogens (primary N) is 1. The lowest BCUT2D eigenvalue weighted by Gasteiger charge is -2.40. The summed E-state index contributed by atoms with van der Waals surface area (Å²) in [4.78, 5) is 14.7. The molecule has 2 aliphatic rings. The van der Waals surface area contributed by atoms with Crippen LogP contribution in [0.25, 0.3) is 0 Å². The van der Waals surface area contributed by atoms with Crippen molar-refractivity contribution in [1.82, 2.24) is 0 Å². The van der Waals surface area contributed by atoms with Gasteiger partial charge in [0.05, 0.1) is 11.4 Å². The topological polar surface area (TPSA) is 58.4 Å². The fourth-order valence-electron chi connectivity index (χ4n) is 3.48. The third-order valence-corrected chi connectivity index (χ3v) is 5.01. The summed E-state index contributed by atoms with van der Waals surface area (Å²) in [6, 6.07) is 8.12. The van der Waals surface area contributed by atoms with Crippen molar-refractivity contribution in [3.63, 3.8) is 0 Å². The molecule has 1 saturated heterocycles. The van der Waals surface area contributed by atoms with Crippen LogP contribution in [-0.2, 0) is 4.79 Å². The van der Waals surface area contributed by atoms with Crippen LogP contribution >= 0.6 is 0 Å². The van der Waals surface area contributed by atoms with E-state index >= 15 is 0 Å². The third kappa shape index (κ3) is 3.05. The maximum Gasteiger partial charge on any atom is 0.225 e. The van der Waals surface area contributed by atoms with Crippen molar-refractivity contribution < 1.29 is 4.79 Å². The van der Waals surface area contributed by atoms with Gasteiger partial charge in [-0.1, -0.05) is 18.6 Å². The average Bonchev–Trinajstić information content (AvgIpc) is 2.97. The van der Waals surface area contributed by atoms with Crippen LogP contribution in [0.4, 0.5) is 11.4 Å². The molecular formula is C17H25N3O. The Hall–Kier alpha value is -1.55. The predicted molar refractivity (Wildman–Crippen MR) is 86.5 cm³/mol. The maximum absolute atomic E-state index is 12.4. The lowest BCUT2D eigenvalue weighted by molar-refractivity contribution is -0.119.